The highest BCUT2D eigenvalue weighted by Crippen LogP contribution is 2.37. The quantitative estimate of drug-likeness (QED) is 0.348. The molecule has 0 fully saturated rings. The summed E-state index contributed by atoms with van der Waals surface area (Å²) in [5.74, 6) is -1.17. The average Bonchev–Trinajstić information content (AvgIpc) is 2.83. The molecule has 0 atom stereocenters. The summed E-state index contributed by atoms with van der Waals surface area (Å²) in [5, 5.41) is 14.8. The van der Waals surface area contributed by atoms with Crippen molar-refractivity contribution in [3.63, 3.8) is 0 Å². The van der Waals surface area contributed by atoms with Crippen molar-refractivity contribution < 1.29 is 23.5 Å². The maximum absolute atomic E-state index is 13.0. The molecule has 0 radical (unpaired) electrons. The first-order valence-electron chi connectivity index (χ1n) is 9.93. The second-order valence-electron chi connectivity index (χ2n) is 6.87. The molecule has 0 saturated carbocycles. The van der Waals surface area contributed by atoms with Gasteiger partial charge in [-0.2, -0.15) is 5.26 Å². The van der Waals surface area contributed by atoms with Gasteiger partial charge in [-0.25, -0.2) is 4.39 Å². The number of rotatable bonds is 8. The van der Waals surface area contributed by atoms with Crippen molar-refractivity contribution in [3.8, 4) is 17.6 Å². The fourth-order valence-corrected chi connectivity index (χ4v) is 3.14. The van der Waals surface area contributed by atoms with E-state index >= 15 is 0 Å². The fraction of sp³-hybridized carbons (Fsp3) is 0.0800. The highest BCUT2D eigenvalue weighted by molar-refractivity contribution is 6.32. The predicted molar refractivity (Wildman–Crippen MR) is 127 cm³/mol. The zero-order chi connectivity index (χ0) is 24.5. The van der Waals surface area contributed by atoms with Gasteiger partial charge in [-0.15, -0.1) is 0 Å². The minimum absolute atomic E-state index is 0.112. The van der Waals surface area contributed by atoms with Gasteiger partial charge in [0.25, 0.3) is 11.8 Å². The number of amides is 2. The normalized spacial score (nSPS) is 10.7. The lowest BCUT2D eigenvalue weighted by molar-refractivity contribution is -0.118. The highest BCUT2D eigenvalue weighted by Gasteiger charge is 2.16. The molecule has 0 aromatic heterocycles. The first kappa shape index (κ1) is 24.3. The Morgan fingerprint density at radius 1 is 1.06 bits per heavy atom. The monoisotopic (exact) mass is 479 g/mol. The van der Waals surface area contributed by atoms with E-state index in [1.165, 1.54) is 49.6 Å². The maximum atomic E-state index is 13.0. The number of nitrogens with one attached hydrogen (secondary N) is 2. The Morgan fingerprint density at radius 2 is 1.74 bits per heavy atom. The fourth-order valence-electron chi connectivity index (χ4n) is 2.87. The van der Waals surface area contributed by atoms with Crippen LogP contribution in [0.25, 0.3) is 6.08 Å². The number of anilines is 2. The van der Waals surface area contributed by atoms with Crippen LogP contribution in [0, 0.1) is 17.1 Å². The summed E-state index contributed by atoms with van der Waals surface area (Å²) < 4.78 is 23.8. The van der Waals surface area contributed by atoms with E-state index in [2.05, 4.69) is 10.6 Å². The molecule has 2 N–H and O–H groups in total. The molecule has 9 heteroatoms. The zero-order valence-corrected chi connectivity index (χ0v) is 18.7. The van der Waals surface area contributed by atoms with Crippen LogP contribution in [0.4, 0.5) is 15.8 Å². The zero-order valence-electron chi connectivity index (χ0n) is 18.0. The van der Waals surface area contributed by atoms with Gasteiger partial charge >= 0.3 is 0 Å². The molecule has 172 valence electrons. The molecule has 0 saturated heterocycles. The van der Waals surface area contributed by atoms with Crippen molar-refractivity contribution in [2.45, 2.75) is 0 Å². The van der Waals surface area contributed by atoms with E-state index in [1.54, 1.807) is 30.3 Å². The van der Waals surface area contributed by atoms with E-state index < -0.39 is 17.6 Å². The van der Waals surface area contributed by atoms with Gasteiger partial charge in [0.05, 0.1) is 12.1 Å². The van der Waals surface area contributed by atoms with E-state index in [9.17, 15) is 19.2 Å². The van der Waals surface area contributed by atoms with Crippen LogP contribution in [-0.2, 0) is 9.59 Å². The number of hydrogen-bond donors (Lipinski definition) is 2. The Labute approximate surface area is 200 Å². The summed E-state index contributed by atoms with van der Waals surface area (Å²) in [7, 11) is 1.39. The van der Waals surface area contributed by atoms with E-state index in [-0.39, 0.29) is 28.7 Å². The number of ether oxygens (including phenoxy) is 2. The molecule has 0 aliphatic carbocycles. The van der Waals surface area contributed by atoms with Crippen LogP contribution in [0.5, 0.6) is 11.5 Å². The maximum Gasteiger partial charge on any atom is 0.266 e. The standard InChI is InChI=1S/C25H19ClFN3O4/c1-33-22-13-16(11-17(14-28)25(32)30-19-5-3-2-4-6-19)12-21(26)24(22)34-15-23(31)29-20-9-7-18(27)8-10-20/h2-13H,15H2,1H3,(H,29,31)(H,30,32)/b17-11+. The number of carbonyl (C=O) groups excluding carboxylic acids is 2. The molecule has 2 amide bonds. The summed E-state index contributed by atoms with van der Waals surface area (Å²) in [6.07, 6.45) is 1.36. The number of carbonyl (C=O) groups is 2. The number of halogens is 2. The molecule has 3 rings (SSSR count). The second-order valence-corrected chi connectivity index (χ2v) is 7.28. The smallest absolute Gasteiger partial charge is 0.266 e. The first-order valence-corrected chi connectivity index (χ1v) is 10.3. The van der Waals surface area contributed by atoms with Crippen molar-refractivity contribution in [3.05, 3.63) is 88.7 Å². The summed E-state index contributed by atoms with van der Waals surface area (Å²) in [6.45, 7) is -0.383. The molecule has 0 bridgehead atoms. The van der Waals surface area contributed by atoms with Gasteiger partial charge in [-0.3, -0.25) is 9.59 Å². The minimum atomic E-state index is -0.582. The number of benzene rings is 3. The van der Waals surface area contributed by atoms with Crippen LogP contribution >= 0.6 is 11.6 Å². The van der Waals surface area contributed by atoms with E-state index in [0.717, 1.165) is 0 Å². The van der Waals surface area contributed by atoms with Gasteiger partial charge in [0.2, 0.25) is 0 Å². The Kier molecular flexibility index (Phi) is 8.21. The van der Waals surface area contributed by atoms with Crippen molar-refractivity contribution >= 4 is 40.9 Å². The molecule has 0 heterocycles. The van der Waals surface area contributed by atoms with Gasteiger partial charge in [0.1, 0.15) is 17.5 Å². The summed E-state index contributed by atoms with van der Waals surface area (Å²) in [4.78, 5) is 24.6. The van der Waals surface area contributed by atoms with Crippen molar-refractivity contribution in [2.75, 3.05) is 24.4 Å². The van der Waals surface area contributed by atoms with E-state index in [4.69, 9.17) is 21.1 Å². The van der Waals surface area contributed by atoms with Crippen LogP contribution in [0.2, 0.25) is 5.02 Å². The van der Waals surface area contributed by atoms with Gasteiger partial charge in [0.15, 0.2) is 18.1 Å². The predicted octanol–water partition coefficient (Wildman–Crippen LogP) is 5.05. The molecular formula is C25H19ClFN3O4. The number of nitriles is 1. The van der Waals surface area contributed by atoms with Crippen molar-refractivity contribution in [1.29, 1.82) is 5.26 Å². The molecule has 3 aromatic carbocycles. The van der Waals surface area contributed by atoms with Gasteiger partial charge in [-0.05, 0) is 60.2 Å². The largest absolute Gasteiger partial charge is 0.493 e. The Morgan fingerprint density at radius 3 is 2.38 bits per heavy atom. The van der Waals surface area contributed by atoms with Crippen LogP contribution in [0.1, 0.15) is 5.56 Å². The molecule has 3 aromatic rings. The molecule has 34 heavy (non-hydrogen) atoms. The molecule has 0 aliphatic rings. The van der Waals surface area contributed by atoms with Crippen LogP contribution < -0.4 is 20.1 Å². The molecule has 0 spiro atoms. The number of para-hydroxylation sites is 1. The van der Waals surface area contributed by atoms with Gasteiger partial charge < -0.3 is 20.1 Å². The lowest BCUT2D eigenvalue weighted by atomic mass is 10.1. The summed E-state index contributed by atoms with van der Waals surface area (Å²) in [6, 6.07) is 18.9. The lowest BCUT2D eigenvalue weighted by Crippen LogP contribution is -2.20. The second kappa shape index (κ2) is 11.5. The van der Waals surface area contributed by atoms with Crippen LogP contribution in [0.3, 0.4) is 0 Å². The molecule has 0 aliphatic heterocycles. The third-order valence-corrected chi connectivity index (χ3v) is 4.72. The molecule has 7 nitrogen and oxygen atoms in total. The molecular weight excluding hydrogens is 461 g/mol. The Balaban J connectivity index is 1.72. The Hall–Kier alpha value is -4.35. The minimum Gasteiger partial charge on any atom is -0.493 e. The van der Waals surface area contributed by atoms with E-state index in [1.807, 2.05) is 6.07 Å². The van der Waals surface area contributed by atoms with Crippen LogP contribution in [0.15, 0.2) is 72.3 Å². The molecule has 0 unspecified atom stereocenters. The number of methoxy groups -OCH3 is 1. The summed E-state index contributed by atoms with van der Waals surface area (Å²) in [5.41, 5.74) is 1.23. The topological polar surface area (TPSA) is 100 Å². The van der Waals surface area contributed by atoms with Gasteiger partial charge in [0, 0.05) is 11.4 Å². The number of nitrogens with zero attached hydrogens (tertiary/aromatic N) is 1. The van der Waals surface area contributed by atoms with E-state index in [0.29, 0.717) is 16.9 Å². The van der Waals surface area contributed by atoms with Crippen LogP contribution in [-0.4, -0.2) is 25.5 Å². The first-order chi connectivity index (χ1) is 16.4. The Bertz CT molecular complexity index is 1260. The van der Waals surface area contributed by atoms with Crippen molar-refractivity contribution in [1.82, 2.24) is 0 Å². The third kappa shape index (κ3) is 6.58. The van der Waals surface area contributed by atoms with Crippen molar-refractivity contribution in [2.24, 2.45) is 0 Å². The average molecular weight is 480 g/mol. The summed E-state index contributed by atoms with van der Waals surface area (Å²) >= 11 is 6.32. The SMILES string of the molecule is COc1cc(/C=C(\C#N)C(=O)Nc2ccccc2)cc(Cl)c1OCC(=O)Nc1ccc(F)cc1. The third-order valence-electron chi connectivity index (χ3n) is 4.44. The highest BCUT2D eigenvalue weighted by atomic mass is 35.5. The number of hydrogen-bond acceptors (Lipinski definition) is 5. The lowest BCUT2D eigenvalue weighted by Gasteiger charge is -2.13. The van der Waals surface area contributed by atoms with Gasteiger partial charge in [-0.1, -0.05) is 29.8 Å².